The second kappa shape index (κ2) is 11.9. The highest BCUT2D eigenvalue weighted by Crippen LogP contribution is 2.37. The second-order valence-electron chi connectivity index (χ2n) is 8.24. The predicted octanol–water partition coefficient (Wildman–Crippen LogP) is 9.42. The van der Waals surface area contributed by atoms with Gasteiger partial charge in [-0.2, -0.15) is 13.2 Å². The van der Waals surface area contributed by atoms with Gasteiger partial charge in [0.05, 0.1) is 10.6 Å². The zero-order valence-electron chi connectivity index (χ0n) is 19.3. The van der Waals surface area contributed by atoms with Gasteiger partial charge in [0.1, 0.15) is 5.75 Å². The summed E-state index contributed by atoms with van der Waals surface area (Å²) in [6.07, 6.45) is -5.08. The Morgan fingerprint density at radius 3 is 2.05 bits per heavy atom. The Hall–Kier alpha value is -2.90. The van der Waals surface area contributed by atoms with Crippen molar-refractivity contribution in [2.24, 2.45) is 0 Å². The van der Waals surface area contributed by atoms with Crippen LogP contribution in [0, 0.1) is 0 Å². The molecule has 0 bridgehead atoms. The van der Waals surface area contributed by atoms with E-state index in [9.17, 15) is 18.0 Å². The van der Waals surface area contributed by atoms with E-state index in [4.69, 9.17) is 51.1 Å². The normalized spacial score (nSPS) is 12.2. The molecule has 1 amide bonds. The molecule has 4 aromatic carbocycles. The van der Waals surface area contributed by atoms with Gasteiger partial charge in [-0.05, 0) is 65.7 Å². The number of halogens is 7. The monoisotopic (exact) mass is 597 g/mol. The van der Waals surface area contributed by atoms with Crippen LogP contribution in [0.4, 0.5) is 13.2 Å². The largest absolute Gasteiger partial charge is 0.479 e. The van der Waals surface area contributed by atoms with Gasteiger partial charge < -0.3 is 10.1 Å². The quantitative estimate of drug-likeness (QED) is 0.230. The van der Waals surface area contributed by atoms with Crippen LogP contribution in [-0.4, -0.2) is 5.91 Å². The molecule has 38 heavy (non-hydrogen) atoms. The van der Waals surface area contributed by atoms with Gasteiger partial charge in [-0.25, -0.2) is 0 Å². The average Bonchev–Trinajstić information content (AvgIpc) is 2.87. The fourth-order valence-electron chi connectivity index (χ4n) is 3.62. The summed E-state index contributed by atoms with van der Waals surface area (Å²) in [5.74, 6) is -0.148. The van der Waals surface area contributed by atoms with E-state index in [1.54, 1.807) is 48.5 Å². The highest BCUT2D eigenvalue weighted by molar-refractivity contribution is 6.35. The fourth-order valence-corrected chi connectivity index (χ4v) is 4.48. The zero-order chi connectivity index (χ0) is 27.4. The Labute approximate surface area is 237 Å². The number of ether oxygens (including phenoxy) is 1. The van der Waals surface area contributed by atoms with Crippen LogP contribution >= 0.6 is 46.4 Å². The lowest BCUT2D eigenvalue weighted by Gasteiger charge is -2.22. The molecule has 196 valence electrons. The summed E-state index contributed by atoms with van der Waals surface area (Å²) in [6.45, 7) is 0.0422. The zero-order valence-corrected chi connectivity index (χ0v) is 22.4. The maximum atomic E-state index is 12.7. The molecule has 4 rings (SSSR count). The van der Waals surface area contributed by atoms with Crippen molar-refractivity contribution in [2.75, 3.05) is 0 Å². The van der Waals surface area contributed by atoms with Gasteiger partial charge in [-0.15, -0.1) is 0 Å². The molecular weight excluding hydrogens is 581 g/mol. The van der Waals surface area contributed by atoms with Gasteiger partial charge >= 0.3 is 6.18 Å². The summed E-state index contributed by atoms with van der Waals surface area (Å²) in [5, 5.41) is 4.27. The Morgan fingerprint density at radius 1 is 0.789 bits per heavy atom. The Bertz CT molecular complexity index is 1440. The molecule has 1 N–H and O–H groups in total. The summed E-state index contributed by atoms with van der Waals surface area (Å²) in [4.78, 5) is 12.6. The molecule has 10 heteroatoms. The molecule has 0 radical (unpaired) electrons. The lowest BCUT2D eigenvalue weighted by molar-refractivity contribution is -0.137. The number of nitrogens with one attached hydrogen (secondary N) is 1. The molecule has 4 aromatic rings. The molecule has 1 atom stereocenters. The lowest BCUT2D eigenvalue weighted by Crippen LogP contribution is -2.22. The molecule has 1 unspecified atom stereocenters. The molecule has 0 saturated heterocycles. The SMILES string of the molecule is O=C(NCc1ccc(C(F)(F)F)cc1)c1ccc(OC(c2ccc(Cl)cc2)c2ccc(Cl)cc2Cl)c(Cl)c1. The van der Waals surface area contributed by atoms with Gasteiger partial charge in [-0.3, -0.25) is 4.79 Å². The van der Waals surface area contributed by atoms with Gasteiger partial charge in [0.15, 0.2) is 6.10 Å². The number of carbonyl (C=O) groups excluding carboxylic acids is 1. The lowest BCUT2D eigenvalue weighted by atomic mass is 10.0. The van der Waals surface area contributed by atoms with Crippen LogP contribution in [0.3, 0.4) is 0 Å². The van der Waals surface area contributed by atoms with Crippen molar-refractivity contribution in [2.45, 2.75) is 18.8 Å². The molecule has 0 aliphatic carbocycles. The third-order valence-corrected chi connectivity index (χ3v) is 6.70. The highest BCUT2D eigenvalue weighted by Gasteiger charge is 2.30. The van der Waals surface area contributed by atoms with Crippen molar-refractivity contribution in [1.82, 2.24) is 5.32 Å². The van der Waals surface area contributed by atoms with Crippen LogP contribution in [0.5, 0.6) is 5.75 Å². The summed E-state index contributed by atoms with van der Waals surface area (Å²) in [5.41, 5.74) is 1.41. The van der Waals surface area contributed by atoms with Gasteiger partial charge in [0.2, 0.25) is 0 Å². The summed E-state index contributed by atoms with van der Waals surface area (Å²) >= 11 is 25.0. The van der Waals surface area contributed by atoms with E-state index in [1.807, 2.05) is 0 Å². The van der Waals surface area contributed by atoms with Gasteiger partial charge in [0, 0.05) is 32.7 Å². The molecule has 0 fully saturated rings. The number of alkyl halides is 3. The maximum absolute atomic E-state index is 12.7. The van der Waals surface area contributed by atoms with Crippen LogP contribution in [-0.2, 0) is 12.7 Å². The Morgan fingerprint density at radius 2 is 1.45 bits per heavy atom. The van der Waals surface area contributed by atoms with Crippen molar-refractivity contribution in [1.29, 1.82) is 0 Å². The first-order valence-corrected chi connectivity index (χ1v) is 12.6. The molecule has 0 aliphatic heterocycles. The van der Waals surface area contributed by atoms with Crippen molar-refractivity contribution in [3.63, 3.8) is 0 Å². The first-order valence-electron chi connectivity index (χ1n) is 11.1. The minimum Gasteiger partial charge on any atom is -0.479 e. The minimum atomic E-state index is -4.42. The fraction of sp³-hybridized carbons (Fsp3) is 0.107. The van der Waals surface area contributed by atoms with Crippen LogP contribution < -0.4 is 10.1 Å². The van der Waals surface area contributed by atoms with Crippen LogP contribution in [0.15, 0.2) is 84.9 Å². The summed E-state index contributed by atoms with van der Waals surface area (Å²) in [6, 6.07) is 21.2. The number of benzene rings is 4. The van der Waals surface area contributed by atoms with Crippen LogP contribution in [0.1, 0.15) is 38.7 Å². The second-order valence-corrected chi connectivity index (χ2v) is 9.93. The van der Waals surface area contributed by atoms with Gasteiger partial charge in [0.25, 0.3) is 5.91 Å². The molecule has 0 aliphatic rings. The summed E-state index contributed by atoms with van der Waals surface area (Å²) in [7, 11) is 0. The molecule has 0 aromatic heterocycles. The standard InChI is InChI=1S/C28H18Cl4F3NO2/c29-20-8-3-17(4-9-20)26(22-11-10-21(30)14-23(22)31)38-25-12-5-18(13-24(25)32)27(37)36-15-16-1-6-19(7-2-16)28(33,34)35/h1-14,26H,15H2,(H,36,37). The van der Waals surface area contributed by atoms with Crippen LogP contribution in [0.25, 0.3) is 0 Å². The first-order chi connectivity index (χ1) is 18.0. The first kappa shape index (κ1) is 28.1. The molecular formula is C28H18Cl4F3NO2. The van der Waals surface area contributed by atoms with Crippen molar-refractivity contribution in [3.8, 4) is 5.75 Å². The van der Waals surface area contributed by atoms with Crippen molar-refractivity contribution < 1.29 is 22.7 Å². The number of hydrogen-bond acceptors (Lipinski definition) is 2. The van der Waals surface area contributed by atoms with E-state index in [0.717, 1.165) is 17.7 Å². The number of amides is 1. The van der Waals surface area contributed by atoms with Crippen molar-refractivity contribution in [3.05, 3.63) is 133 Å². The van der Waals surface area contributed by atoms with Crippen molar-refractivity contribution >= 4 is 52.3 Å². The minimum absolute atomic E-state index is 0.0422. The molecule has 3 nitrogen and oxygen atoms in total. The van der Waals surface area contributed by atoms with E-state index in [1.165, 1.54) is 24.3 Å². The third kappa shape index (κ3) is 6.94. The topological polar surface area (TPSA) is 38.3 Å². The number of hydrogen-bond donors (Lipinski definition) is 1. The highest BCUT2D eigenvalue weighted by atomic mass is 35.5. The maximum Gasteiger partial charge on any atom is 0.416 e. The van der Waals surface area contributed by atoms with E-state index in [2.05, 4.69) is 5.32 Å². The molecule has 0 heterocycles. The van der Waals surface area contributed by atoms with E-state index in [-0.39, 0.29) is 17.1 Å². The third-order valence-electron chi connectivity index (χ3n) is 5.59. The number of carbonyl (C=O) groups is 1. The van der Waals surface area contributed by atoms with Crippen LogP contribution in [0.2, 0.25) is 20.1 Å². The predicted molar refractivity (Wildman–Crippen MR) is 144 cm³/mol. The van der Waals surface area contributed by atoms with Gasteiger partial charge in [-0.1, -0.05) is 76.7 Å². The molecule has 0 spiro atoms. The summed E-state index contributed by atoms with van der Waals surface area (Å²) < 4.78 is 44.5. The Balaban J connectivity index is 1.51. The van der Waals surface area contributed by atoms with E-state index >= 15 is 0 Å². The van der Waals surface area contributed by atoms with E-state index in [0.29, 0.717) is 31.9 Å². The smallest absolute Gasteiger partial charge is 0.416 e. The average molecular weight is 599 g/mol. The molecule has 0 saturated carbocycles. The Kier molecular flexibility index (Phi) is 8.78. The number of rotatable bonds is 7. The van der Waals surface area contributed by atoms with E-state index < -0.39 is 23.8 Å².